The number of nitrogens with one attached hydrogen (secondary N) is 1. The van der Waals surface area contributed by atoms with Gasteiger partial charge in [0.15, 0.2) is 0 Å². The van der Waals surface area contributed by atoms with Crippen LogP contribution in [-0.2, 0) is 6.54 Å². The fourth-order valence-electron chi connectivity index (χ4n) is 2.50. The number of rotatable bonds is 5. The number of halogens is 1. The van der Waals surface area contributed by atoms with Gasteiger partial charge in [0.05, 0.1) is 0 Å². The monoisotopic (exact) mass is 296 g/mol. The highest BCUT2D eigenvalue weighted by atomic mass is 32.2. The third kappa shape index (κ3) is 4.13. The molecule has 2 rings (SSSR count). The molecule has 0 aromatic heterocycles. The number of benzene rings is 1. The summed E-state index contributed by atoms with van der Waals surface area (Å²) in [5, 5.41) is 4.09. The van der Waals surface area contributed by atoms with Gasteiger partial charge in [0, 0.05) is 42.4 Å². The number of thioether (sulfide) groups is 1. The standard InChI is InChI=1S/C16H25FN2S/c1-4-15-11-19(7-8-20-15)16-6-5-14(17)9-13(16)10-18-12(2)3/h5-6,9,12,15,18H,4,7-8,10-11H2,1-3H3. The van der Waals surface area contributed by atoms with E-state index < -0.39 is 0 Å². The van der Waals surface area contributed by atoms with Crippen LogP contribution in [0.25, 0.3) is 0 Å². The highest BCUT2D eigenvalue weighted by Crippen LogP contribution is 2.28. The molecule has 1 aliphatic rings. The van der Waals surface area contributed by atoms with E-state index in [9.17, 15) is 4.39 Å². The Morgan fingerprint density at radius 1 is 1.45 bits per heavy atom. The van der Waals surface area contributed by atoms with Gasteiger partial charge in [0.25, 0.3) is 0 Å². The summed E-state index contributed by atoms with van der Waals surface area (Å²) in [7, 11) is 0. The molecule has 1 heterocycles. The molecule has 1 fully saturated rings. The summed E-state index contributed by atoms with van der Waals surface area (Å²) in [6, 6.07) is 5.60. The van der Waals surface area contributed by atoms with E-state index in [1.165, 1.54) is 12.1 Å². The van der Waals surface area contributed by atoms with Gasteiger partial charge in [0.2, 0.25) is 0 Å². The van der Waals surface area contributed by atoms with Crippen LogP contribution in [0.5, 0.6) is 0 Å². The Balaban J connectivity index is 2.16. The van der Waals surface area contributed by atoms with Crippen molar-refractivity contribution < 1.29 is 4.39 Å². The minimum Gasteiger partial charge on any atom is -0.369 e. The number of anilines is 1. The normalized spacial score (nSPS) is 19.6. The van der Waals surface area contributed by atoms with Crippen molar-refractivity contribution in [1.82, 2.24) is 5.32 Å². The first-order chi connectivity index (χ1) is 9.60. The summed E-state index contributed by atoms with van der Waals surface area (Å²) < 4.78 is 13.5. The Morgan fingerprint density at radius 2 is 2.25 bits per heavy atom. The Morgan fingerprint density at radius 3 is 2.95 bits per heavy atom. The first kappa shape index (κ1) is 15.6. The van der Waals surface area contributed by atoms with Crippen LogP contribution in [0.15, 0.2) is 18.2 Å². The van der Waals surface area contributed by atoms with Gasteiger partial charge in [-0.15, -0.1) is 0 Å². The first-order valence-corrected chi connectivity index (χ1v) is 8.53. The second-order valence-corrected chi connectivity index (χ2v) is 7.06. The maximum Gasteiger partial charge on any atom is 0.123 e. The van der Waals surface area contributed by atoms with Crippen molar-refractivity contribution in [2.75, 3.05) is 23.7 Å². The Hall–Kier alpha value is -0.740. The molecule has 0 radical (unpaired) electrons. The van der Waals surface area contributed by atoms with Gasteiger partial charge in [0.1, 0.15) is 5.82 Å². The number of hydrogen-bond donors (Lipinski definition) is 1. The van der Waals surface area contributed by atoms with Gasteiger partial charge >= 0.3 is 0 Å². The van der Waals surface area contributed by atoms with E-state index >= 15 is 0 Å². The summed E-state index contributed by atoms with van der Waals surface area (Å²) in [6.07, 6.45) is 1.20. The second kappa shape index (κ2) is 7.32. The van der Waals surface area contributed by atoms with E-state index in [-0.39, 0.29) is 5.82 Å². The first-order valence-electron chi connectivity index (χ1n) is 7.48. The topological polar surface area (TPSA) is 15.3 Å². The van der Waals surface area contributed by atoms with E-state index in [0.717, 1.165) is 31.0 Å². The minimum atomic E-state index is -0.146. The molecule has 2 nitrogen and oxygen atoms in total. The van der Waals surface area contributed by atoms with Crippen LogP contribution in [0.4, 0.5) is 10.1 Å². The van der Waals surface area contributed by atoms with Gasteiger partial charge < -0.3 is 10.2 Å². The van der Waals surface area contributed by atoms with Crippen molar-refractivity contribution in [2.24, 2.45) is 0 Å². The molecular formula is C16H25FN2S. The summed E-state index contributed by atoms with van der Waals surface area (Å²) in [5.74, 6) is 1.01. The maximum atomic E-state index is 13.5. The molecule has 0 spiro atoms. The fraction of sp³-hybridized carbons (Fsp3) is 0.625. The van der Waals surface area contributed by atoms with Crippen molar-refractivity contribution in [3.05, 3.63) is 29.6 Å². The predicted octanol–water partition coefficient (Wildman–Crippen LogP) is 3.66. The predicted molar refractivity (Wildman–Crippen MR) is 87.1 cm³/mol. The van der Waals surface area contributed by atoms with Crippen LogP contribution in [-0.4, -0.2) is 30.1 Å². The van der Waals surface area contributed by atoms with E-state index in [1.807, 2.05) is 6.07 Å². The third-order valence-electron chi connectivity index (χ3n) is 3.68. The smallest absolute Gasteiger partial charge is 0.123 e. The van der Waals surface area contributed by atoms with Crippen LogP contribution in [0, 0.1) is 5.82 Å². The molecule has 4 heteroatoms. The lowest BCUT2D eigenvalue weighted by Gasteiger charge is -2.35. The van der Waals surface area contributed by atoms with Crippen molar-refractivity contribution in [3.8, 4) is 0 Å². The van der Waals surface area contributed by atoms with Gasteiger partial charge in [-0.3, -0.25) is 0 Å². The molecule has 1 aliphatic heterocycles. The second-order valence-electron chi connectivity index (χ2n) is 5.66. The van der Waals surface area contributed by atoms with E-state index in [4.69, 9.17) is 0 Å². The zero-order valence-electron chi connectivity index (χ0n) is 12.7. The molecule has 0 amide bonds. The summed E-state index contributed by atoms with van der Waals surface area (Å²) >= 11 is 2.06. The average molecular weight is 296 g/mol. The van der Waals surface area contributed by atoms with Gasteiger partial charge in [-0.2, -0.15) is 11.8 Å². The summed E-state index contributed by atoms with van der Waals surface area (Å²) in [5.41, 5.74) is 2.26. The lowest BCUT2D eigenvalue weighted by Crippen LogP contribution is -2.38. The summed E-state index contributed by atoms with van der Waals surface area (Å²) in [6.45, 7) is 9.33. The lowest BCUT2D eigenvalue weighted by atomic mass is 10.1. The van der Waals surface area contributed by atoms with Crippen LogP contribution in [0.1, 0.15) is 32.8 Å². The lowest BCUT2D eigenvalue weighted by molar-refractivity contribution is 0.579. The van der Waals surface area contributed by atoms with Crippen molar-refractivity contribution in [2.45, 2.75) is 45.0 Å². The van der Waals surface area contributed by atoms with Gasteiger partial charge in [-0.25, -0.2) is 4.39 Å². The molecule has 1 atom stereocenters. The third-order valence-corrected chi connectivity index (χ3v) is 5.05. The fourth-order valence-corrected chi connectivity index (χ4v) is 3.68. The molecule has 1 N–H and O–H groups in total. The van der Waals surface area contributed by atoms with Crippen molar-refractivity contribution >= 4 is 17.4 Å². The van der Waals surface area contributed by atoms with Crippen LogP contribution in [0.2, 0.25) is 0 Å². The molecule has 1 saturated heterocycles. The average Bonchev–Trinajstić information content (AvgIpc) is 2.45. The SMILES string of the molecule is CCC1CN(c2ccc(F)cc2CNC(C)C)CCS1. The van der Waals surface area contributed by atoms with E-state index in [1.54, 1.807) is 12.1 Å². The quantitative estimate of drug-likeness (QED) is 0.893. The van der Waals surface area contributed by atoms with Crippen molar-refractivity contribution in [1.29, 1.82) is 0 Å². The van der Waals surface area contributed by atoms with Crippen LogP contribution < -0.4 is 10.2 Å². The molecule has 1 aromatic carbocycles. The largest absolute Gasteiger partial charge is 0.369 e. The molecule has 1 unspecified atom stereocenters. The molecule has 0 bridgehead atoms. The van der Waals surface area contributed by atoms with Crippen molar-refractivity contribution in [3.63, 3.8) is 0 Å². The number of nitrogens with zero attached hydrogens (tertiary/aromatic N) is 1. The van der Waals surface area contributed by atoms with Gasteiger partial charge in [-0.05, 0) is 30.2 Å². The zero-order chi connectivity index (χ0) is 14.5. The molecule has 112 valence electrons. The molecule has 1 aromatic rings. The Kier molecular flexibility index (Phi) is 5.73. The Labute approximate surface area is 126 Å². The molecule has 20 heavy (non-hydrogen) atoms. The highest BCUT2D eigenvalue weighted by molar-refractivity contribution is 8.00. The minimum absolute atomic E-state index is 0.146. The molecule has 0 saturated carbocycles. The van der Waals surface area contributed by atoms with Gasteiger partial charge in [-0.1, -0.05) is 20.8 Å². The highest BCUT2D eigenvalue weighted by Gasteiger charge is 2.21. The maximum absolute atomic E-state index is 13.5. The van der Waals surface area contributed by atoms with Crippen LogP contribution >= 0.6 is 11.8 Å². The molecular weight excluding hydrogens is 271 g/mol. The Bertz CT molecular complexity index is 436. The van der Waals surface area contributed by atoms with E-state index in [2.05, 4.69) is 42.7 Å². The van der Waals surface area contributed by atoms with Crippen LogP contribution in [0.3, 0.4) is 0 Å². The summed E-state index contributed by atoms with van der Waals surface area (Å²) in [4.78, 5) is 2.42. The number of hydrogen-bond acceptors (Lipinski definition) is 3. The molecule has 0 aliphatic carbocycles. The van der Waals surface area contributed by atoms with E-state index in [0.29, 0.717) is 11.3 Å². The zero-order valence-corrected chi connectivity index (χ0v) is 13.5.